The van der Waals surface area contributed by atoms with Crippen LogP contribution in [0.1, 0.15) is 40.7 Å². The quantitative estimate of drug-likeness (QED) is 0.457. The molecule has 1 heterocycles. The van der Waals surface area contributed by atoms with Crippen LogP contribution in [0.15, 0.2) is 42.5 Å². The summed E-state index contributed by atoms with van der Waals surface area (Å²) in [6, 6.07) is 12.0. The molecule has 1 unspecified atom stereocenters. The summed E-state index contributed by atoms with van der Waals surface area (Å²) in [5.41, 5.74) is 2.54. The first-order chi connectivity index (χ1) is 15.3. The molecule has 2 amide bonds. The largest absolute Gasteiger partial charge is 0.462 e. The number of rotatable bonds is 8. The molecular formula is C24H26Cl2N2O4. The van der Waals surface area contributed by atoms with Crippen molar-refractivity contribution in [3.05, 3.63) is 69.2 Å². The minimum Gasteiger partial charge on any atom is -0.462 e. The Morgan fingerprint density at radius 2 is 1.88 bits per heavy atom. The highest BCUT2D eigenvalue weighted by molar-refractivity contribution is 6.35. The number of carbonyl (C=O) groups excluding carboxylic acids is 3. The summed E-state index contributed by atoms with van der Waals surface area (Å²) in [6.07, 6.45) is 2.23. The standard InChI is InChI=1S/C24H26Cl2N2O4/c1-16-4-6-17(7-5-16)8-11-22(29)27-12-14-32-24(31)21-3-2-13-28(21)23(30)19-15-18(25)9-10-20(19)26/h4-7,9-10,15,21H,2-3,8,11-14H2,1H3,(H,27,29). The van der Waals surface area contributed by atoms with Gasteiger partial charge < -0.3 is 15.0 Å². The molecule has 0 saturated carbocycles. The molecule has 170 valence electrons. The van der Waals surface area contributed by atoms with Gasteiger partial charge in [0.25, 0.3) is 5.91 Å². The number of nitrogens with zero attached hydrogens (tertiary/aromatic N) is 1. The van der Waals surface area contributed by atoms with Gasteiger partial charge in [-0.1, -0.05) is 53.0 Å². The summed E-state index contributed by atoms with van der Waals surface area (Å²) in [6.45, 7) is 2.73. The van der Waals surface area contributed by atoms with Crippen molar-refractivity contribution in [2.75, 3.05) is 19.7 Å². The van der Waals surface area contributed by atoms with Crippen LogP contribution in [0.4, 0.5) is 0 Å². The number of ether oxygens (including phenoxy) is 1. The molecule has 1 fully saturated rings. The number of benzene rings is 2. The fourth-order valence-corrected chi connectivity index (χ4v) is 3.98. The third-order valence-corrected chi connectivity index (χ3v) is 5.94. The molecule has 2 aromatic carbocycles. The number of carbonyl (C=O) groups is 3. The zero-order valence-corrected chi connectivity index (χ0v) is 19.4. The molecule has 32 heavy (non-hydrogen) atoms. The molecule has 1 N–H and O–H groups in total. The van der Waals surface area contributed by atoms with E-state index in [1.807, 2.05) is 31.2 Å². The fraction of sp³-hybridized carbons (Fsp3) is 0.375. The van der Waals surface area contributed by atoms with Gasteiger partial charge in [-0.05, 0) is 49.9 Å². The minimum atomic E-state index is -0.671. The van der Waals surface area contributed by atoms with Gasteiger partial charge >= 0.3 is 5.97 Å². The predicted molar refractivity (Wildman–Crippen MR) is 124 cm³/mol. The second-order valence-corrected chi connectivity index (χ2v) is 8.63. The number of hydrogen-bond acceptors (Lipinski definition) is 4. The number of nitrogens with one attached hydrogen (secondary N) is 1. The van der Waals surface area contributed by atoms with Crippen molar-refractivity contribution in [3.63, 3.8) is 0 Å². The highest BCUT2D eigenvalue weighted by Crippen LogP contribution is 2.26. The van der Waals surface area contributed by atoms with E-state index in [0.29, 0.717) is 37.3 Å². The van der Waals surface area contributed by atoms with Gasteiger partial charge in [0.2, 0.25) is 5.91 Å². The topological polar surface area (TPSA) is 75.7 Å². The van der Waals surface area contributed by atoms with E-state index < -0.39 is 12.0 Å². The lowest BCUT2D eigenvalue weighted by molar-refractivity contribution is -0.148. The van der Waals surface area contributed by atoms with Gasteiger partial charge in [-0.3, -0.25) is 9.59 Å². The lowest BCUT2D eigenvalue weighted by atomic mass is 10.1. The van der Waals surface area contributed by atoms with Gasteiger partial charge in [0.05, 0.1) is 17.1 Å². The first-order valence-electron chi connectivity index (χ1n) is 10.6. The summed E-state index contributed by atoms with van der Waals surface area (Å²) in [5.74, 6) is -0.931. The molecule has 1 aliphatic rings. The van der Waals surface area contributed by atoms with Gasteiger partial charge in [0, 0.05) is 18.0 Å². The van der Waals surface area contributed by atoms with Crippen LogP contribution < -0.4 is 5.32 Å². The Morgan fingerprint density at radius 3 is 2.62 bits per heavy atom. The highest BCUT2D eigenvalue weighted by Gasteiger charge is 2.36. The van der Waals surface area contributed by atoms with Crippen molar-refractivity contribution in [2.24, 2.45) is 0 Å². The van der Waals surface area contributed by atoms with Crippen LogP contribution in [-0.2, 0) is 20.7 Å². The van der Waals surface area contributed by atoms with E-state index in [9.17, 15) is 14.4 Å². The van der Waals surface area contributed by atoms with Crippen molar-refractivity contribution in [1.82, 2.24) is 10.2 Å². The molecule has 6 nitrogen and oxygen atoms in total. The third-order valence-electron chi connectivity index (χ3n) is 5.37. The molecule has 1 atom stereocenters. The molecular weight excluding hydrogens is 451 g/mol. The van der Waals surface area contributed by atoms with E-state index in [0.717, 1.165) is 5.56 Å². The Balaban J connectivity index is 1.43. The van der Waals surface area contributed by atoms with Gasteiger partial charge in [0.15, 0.2) is 0 Å². The second kappa shape index (κ2) is 11.3. The van der Waals surface area contributed by atoms with E-state index in [-0.39, 0.29) is 35.6 Å². The fourth-order valence-electron chi connectivity index (χ4n) is 3.61. The Morgan fingerprint density at radius 1 is 1.12 bits per heavy atom. The number of aryl methyl sites for hydroxylation is 2. The smallest absolute Gasteiger partial charge is 0.328 e. The minimum absolute atomic E-state index is 0.0472. The van der Waals surface area contributed by atoms with Gasteiger partial charge in [-0.25, -0.2) is 4.79 Å². The van der Waals surface area contributed by atoms with E-state index in [1.54, 1.807) is 12.1 Å². The summed E-state index contributed by atoms with van der Waals surface area (Å²) < 4.78 is 5.32. The lowest BCUT2D eigenvalue weighted by Crippen LogP contribution is -2.42. The van der Waals surface area contributed by atoms with Gasteiger partial charge in [-0.2, -0.15) is 0 Å². The maximum atomic E-state index is 12.9. The maximum Gasteiger partial charge on any atom is 0.328 e. The van der Waals surface area contributed by atoms with Crippen molar-refractivity contribution < 1.29 is 19.1 Å². The third kappa shape index (κ3) is 6.47. The zero-order chi connectivity index (χ0) is 23.1. The molecule has 0 bridgehead atoms. The second-order valence-electron chi connectivity index (χ2n) is 7.78. The maximum absolute atomic E-state index is 12.9. The van der Waals surface area contributed by atoms with Crippen molar-refractivity contribution >= 4 is 41.0 Å². The zero-order valence-electron chi connectivity index (χ0n) is 17.9. The van der Waals surface area contributed by atoms with Crippen LogP contribution in [0.3, 0.4) is 0 Å². The number of hydrogen-bond donors (Lipinski definition) is 1. The Kier molecular flexibility index (Phi) is 8.53. The summed E-state index contributed by atoms with van der Waals surface area (Å²) in [5, 5.41) is 3.44. The first kappa shape index (κ1) is 24.1. The Bertz CT molecular complexity index is 978. The number of likely N-dealkylation sites (tertiary alicyclic amines) is 1. The van der Waals surface area contributed by atoms with Crippen LogP contribution in [0, 0.1) is 6.92 Å². The molecule has 0 radical (unpaired) electrons. The van der Waals surface area contributed by atoms with Crippen molar-refractivity contribution in [2.45, 2.75) is 38.6 Å². The summed E-state index contributed by atoms with van der Waals surface area (Å²) >= 11 is 12.1. The average molecular weight is 477 g/mol. The van der Waals surface area contributed by atoms with Crippen LogP contribution in [0.5, 0.6) is 0 Å². The summed E-state index contributed by atoms with van der Waals surface area (Å²) in [4.78, 5) is 38.9. The van der Waals surface area contributed by atoms with Gasteiger partial charge in [0.1, 0.15) is 12.6 Å². The molecule has 0 spiro atoms. The average Bonchev–Trinajstić information content (AvgIpc) is 3.27. The number of esters is 1. The predicted octanol–water partition coefficient (Wildman–Crippen LogP) is 4.20. The molecule has 0 aliphatic carbocycles. The van der Waals surface area contributed by atoms with Crippen molar-refractivity contribution in [1.29, 1.82) is 0 Å². The molecule has 2 aromatic rings. The molecule has 1 aliphatic heterocycles. The van der Waals surface area contributed by atoms with Gasteiger partial charge in [-0.15, -0.1) is 0 Å². The van der Waals surface area contributed by atoms with E-state index in [1.165, 1.54) is 16.5 Å². The van der Waals surface area contributed by atoms with Crippen molar-refractivity contribution in [3.8, 4) is 0 Å². The SMILES string of the molecule is Cc1ccc(CCC(=O)NCCOC(=O)C2CCCN2C(=O)c2cc(Cl)ccc2Cl)cc1. The monoisotopic (exact) mass is 476 g/mol. The highest BCUT2D eigenvalue weighted by atomic mass is 35.5. The first-order valence-corrected chi connectivity index (χ1v) is 11.4. The van der Waals surface area contributed by atoms with E-state index >= 15 is 0 Å². The number of halogens is 2. The molecule has 0 aromatic heterocycles. The van der Waals surface area contributed by atoms with E-state index in [4.69, 9.17) is 27.9 Å². The lowest BCUT2D eigenvalue weighted by Gasteiger charge is -2.24. The molecule has 8 heteroatoms. The normalized spacial score (nSPS) is 15.5. The summed E-state index contributed by atoms with van der Waals surface area (Å²) in [7, 11) is 0. The van der Waals surface area contributed by atoms with E-state index in [2.05, 4.69) is 5.32 Å². The van der Waals surface area contributed by atoms with Crippen LogP contribution >= 0.6 is 23.2 Å². The Hall–Kier alpha value is -2.57. The molecule has 3 rings (SSSR count). The van der Waals surface area contributed by atoms with Crippen LogP contribution in [0.25, 0.3) is 0 Å². The Labute approximate surface area is 197 Å². The van der Waals surface area contributed by atoms with Crippen LogP contribution in [0.2, 0.25) is 10.0 Å². The number of amides is 2. The molecule has 1 saturated heterocycles. The van der Waals surface area contributed by atoms with Crippen LogP contribution in [-0.4, -0.2) is 48.4 Å².